The molecule has 1 unspecified atom stereocenters. The zero-order chi connectivity index (χ0) is 14.0. The third kappa shape index (κ3) is 2.52. The van der Waals surface area contributed by atoms with Gasteiger partial charge in [-0.1, -0.05) is 6.07 Å². The lowest BCUT2D eigenvalue weighted by atomic mass is 10.4. The largest absolute Gasteiger partial charge is 0.479 e. The van der Waals surface area contributed by atoms with Crippen LogP contribution >= 0.6 is 0 Å². The molecule has 1 atom stereocenters. The van der Waals surface area contributed by atoms with Crippen LogP contribution in [0.4, 0.5) is 5.82 Å². The van der Waals surface area contributed by atoms with E-state index >= 15 is 0 Å². The molecule has 2 aromatic heterocycles. The Hall–Kier alpha value is -2.48. The highest BCUT2D eigenvalue weighted by molar-refractivity contribution is 5.71. The van der Waals surface area contributed by atoms with E-state index in [0.717, 1.165) is 0 Å². The highest BCUT2D eigenvalue weighted by Crippen LogP contribution is 2.21. The van der Waals surface area contributed by atoms with Gasteiger partial charge in [-0.3, -0.25) is 0 Å². The minimum absolute atomic E-state index is 0.101. The predicted molar refractivity (Wildman–Crippen MR) is 63.7 cm³/mol. The zero-order valence-electron chi connectivity index (χ0n) is 10.0. The fourth-order valence-electron chi connectivity index (χ4n) is 1.60. The van der Waals surface area contributed by atoms with Crippen molar-refractivity contribution in [2.45, 2.75) is 19.6 Å². The molecule has 0 saturated heterocycles. The number of rotatable bonds is 5. The summed E-state index contributed by atoms with van der Waals surface area (Å²) >= 11 is 0. The van der Waals surface area contributed by atoms with E-state index < -0.39 is 17.0 Å². The van der Waals surface area contributed by atoms with Crippen molar-refractivity contribution < 1.29 is 19.6 Å². The lowest BCUT2D eigenvalue weighted by Gasteiger charge is -2.06. The maximum absolute atomic E-state index is 11.0. The summed E-state index contributed by atoms with van der Waals surface area (Å²) in [6.45, 7) is 1.12. The van der Waals surface area contributed by atoms with Gasteiger partial charge in [-0.2, -0.15) is 4.40 Å². The number of nitrogens with zero attached hydrogens (tertiary/aromatic N) is 3. The van der Waals surface area contributed by atoms with Crippen LogP contribution in [0.2, 0.25) is 0 Å². The smallest absolute Gasteiger partial charge is 0.353 e. The van der Waals surface area contributed by atoms with E-state index in [1.165, 1.54) is 17.5 Å². The first-order valence-electron chi connectivity index (χ1n) is 5.45. The minimum Gasteiger partial charge on any atom is -0.479 e. The molecule has 2 heterocycles. The van der Waals surface area contributed by atoms with Gasteiger partial charge in [0.25, 0.3) is 0 Å². The molecule has 0 aliphatic heterocycles. The highest BCUT2D eigenvalue weighted by Gasteiger charge is 2.23. The molecule has 0 aromatic carbocycles. The van der Waals surface area contributed by atoms with Gasteiger partial charge in [-0.15, -0.1) is 0 Å². The number of pyridine rings is 1. The topological polar surface area (TPSA) is 107 Å². The molecule has 0 amide bonds. The summed E-state index contributed by atoms with van der Waals surface area (Å²) < 4.78 is 6.35. The molecule has 8 heteroatoms. The van der Waals surface area contributed by atoms with Gasteiger partial charge in [-0.05, 0) is 17.9 Å². The summed E-state index contributed by atoms with van der Waals surface area (Å²) in [4.78, 5) is 25.2. The van der Waals surface area contributed by atoms with Crippen molar-refractivity contribution >= 4 is 17.4 Å². The van der Waals surface area contributed by atoms with Crippen LogP contribution in [0.1, 0.15) is 12.6 Å². The molecular weight excluding hydrogens is 254 g/mol. The van der Waals surface area contributed by atoms with Crippen LogP contribution in [0.5, 0.6) is 0 Å². The lowest BCUT2D eigenvalue weighted by molar-refractivity contribution is -0.391. The summed E-state index contributed by atoms with van der Waals surface area (Å²) in [7, 11) is 0. The van der Waals surface area contributed by atoms with Crippen molar-refractivity contribution in [2.24, 2.45) is 0 Å². The highest BCUT2D eigenvalue weighted by atomic mass is 16.6. The number of aliphatic carboxylic acids is 1. The molecule has 2 aromatic rings. The summed E-state index contributed by atoms with van der Waals surface area (Å²) in [5.74, 6) is -1.35. The Morgan fingerprint density at radius 1 is 1.63 bits per heavy atom. The molecule has 0 fully saturated rings. The van der Waals surface area contributed by atoms with E-state index in [1.807, 2.05) is 0 Å². The Morgan fingerprint density at radius 2 is 2.37 bits per heavy atom. The standard InChI is InChI=1S/C11H11N3O5/c1-7(11(15)16)19-6-8-10(14(17)18)13-5-3-2-4-9(13)12-8/h2-5,7H,6H2,1H3,(H,15,16). The Balaban J connectivity index is 2.34. The lowest BCUT2D eigenvalue weighted by Crippen LogP contribution is -2.19. The molecular formula is C11H11N3O5. The van der Waals surface area contributed by atoms with Crippen molar-refractivity contribution in [3.63, 3.8) is 0 Å². The molecule has 2 rings (SSSR count). The van der Waals surface area contributed by atoms with E-state index in [-0.39, 0.29) is 18.1 Å². The summed E-state index contributed by atoms with van der Waals surface area (Å²) in [6, 6.07) is 4.97. The minimum atomic E-state index is -1.13. The average Bonchev–Trinajstić information content (AvgIpc) is 2.73. The van der Waals surface area contributed by atoms with Crippen molar-refractivity contribution in [2.75, 3.05) is 0 Å². The molecule has 1 N–H and O–H groups in total. The first-order valence-corrected chi connectivity index (χ1v) is 5.45. The van der Waals surface area contributed by atoms with Crippen LogP contribution in [0.15, 0.2) is 24.4 Å². The van der Waals surface area contributed by atoms with E-state index in [0.29, 0.717) is 5.65 Å². The number of carboxylic acids is 1. The Kier molecular flexibility index (Phi) is 3.43. The molecule has 0 saturated carbocycles. The second-order valence-electron chi connectivity index (χ2n) is 3.86. The fourth-order valence-corrected chi connectivity index (χ4v) is 1.60. The predicted octanol–water partition coefficient (Wildman–Crippen LogP) is 1.23. The number of carbonyl (C=O) groups is 1. The van der Waals surface area contributed by atoms with Crippen molar-refractivity contribution in [1.82, 2.24) is 9.38 Å². The van der Waals surface area contributed by atoms with Gasteiger partial charge in [0.1, 0.15) is 0 Å². The maximum Gasteiger partial charge on any atom is 0.353 e. The molecule has 8 nitrogen and oxygen atoms in total. The van der Waals surface area contributed by atoms with Crippen LogP contribution in [0, 0.1) is 10.1 Å². The van der Waals surface area contributed by atoms with Gasteiger partial charge in [0, 0.05) is 6.07 Å². The van der Waals surface area contributed by atoms with E-state index in [1.54, 1.807) is 18.2 Å². The summed E-state index contributed by atoms with van der Waals surface area (Å²) in [5.41, 5.74) is 0.514. The van der Waals surface area contributed by atoms with Crippen LogP contribution in [-0.2, 0) is 16.1 Å². The SMILES string of the molecule is CC(OCc1nc2ccccn2c1[N+](=O)[O-])C(=O)O. The Labute approximate surface area is 107 Å². The monoisotopic (exact) mass is 265 g/mol. The van der Waals surface area contributed by atoms with E-state index in [9.17, 15) is 14.9 Å². The number of carboxylic acid groups (broad SMARTS) is 1. The van der Waals surface area contributed by atoms with Gasteiger partial charge in [0.2, 0.25) is 5.65 Å². The van der Waals surface area contributed by atoms with E-state index in [4.69, 9.17) is 9.84 Å². The molecule has 0 spiro atoms. The summed E-state index contributed by atoms with van der Waals surface area (Å²) in [5, 5.41) is 19.7. The first-order chi connectivity index (χ1) is 9.00. The maximum atomic E-state index is 11.0. The number of ether oxygens (including phenoxy) is 1. The van der Waals surface area contributed by atoms with E-state index in [2.05, 4.69) is 4.98 Å². The quantitative estimate of drug-likeness (QED) is 0.643. The second-order valence-corrected chi connectivity index (χ2v) is 3.86. The Morgan fingerprint density at radius 3 is 3.00 bits per heavy atom. The molecule has 0 aliphatic rings. The molecule has 19 heavy (non-hydrogen) atoms. The van der Waals surface area contributed by atoms with Gasteiger partial charge >= 0.3 is 11.8 Å². The van der Waals surface area contributed by atoms with Crippen molar-refractivity contribution in [3.8, 4) is 0 Å². The second kappa shape index (κ2) is 5.02. The third-order valence-corrected chi connectivity index (χ3v) is 2.56. The molecule has 0 radical (unpaired) electrons. The zero-order valence-corrected chi connectivity index (χ0v) is 10.0. The Bertz CT molecular complexity index is 636. The van der Waals surface area contributed by atoms with Crippen LogP contribution in [0.25, 0.3) is 5.65 Å². The van der Waals surface area contributed by atoms with Crippen LogP contribution in [-0.4, -0.2) is 31.5 Å². The number of aromatic nitrogens is 2. The molecule has 100 valence electrons. The number of imidazole rings is 1. The normalized spacial score (nSPS) is 12.5. The van der Waals surface area contributed by atoms with Crippen LogP contribution < -0.4 is 0 Å². The van der Waals surface area contributed by atoms with Crippen LogP contribution in [0.3, 0.4) is 0 Å². The van der Waals surface area contributed by atoms with Gasteiger partial charge in [0.15, 0.2) is 11.8 Å². The van der Waals surface area contributed by atoms with Gasteiger partial charge in [0.05, 0.1) is 12.8 Å². The number of nitro groups is 1. The van der Waals surface area contributed by atoms with Gasteiger partial charge < -0.3 is 20.0 Å². The number of fused-ring (bicyclic) bond motifs is 1. The van der Waals surface area contributed by atoms with Gasteiger partial charge in [-0.25, -0.2) is 9.78 Å². The molecule has 0 bridgehead atoms. The number of hydrogen-bond donors (Lipinski definition) is 1. The molecule has 0 aliphatic carbocycles. The van der Waals surface area contributed by atoms with Crippen molar-refractivity contribution in [3.05, 3.63) is 40.2 Å². The first kappa shape index (κ1) is 13.0. The summed E-state index contributed by atoms with van der Waals surface area (Å²) in [6.07, 6.45) is 0.467. The van der Waals surface area contributed by atoms with Crippen molar-refractivity contribution in [1.29, 1.82) is 0 Å². The third-order valence-electron chi connectivity index (χ3n) is 2.56. The fraction of sp³-hybridized carbons (Fsp3) is 0.273. The average molecular weight is 265 g/mol. The number of hydrogen-bond acceptors (Lipinski definition) is 5.